The average Bonchev–Trinajstić information content (AvgIpc) is 2.69. The van der Waals surface area contributed by atoms with Crippen LogP contribution in [0.1, 0.15) is 26.7 Å². The highest BCUT2D eigenvalue weighted by atomic mass is 15.3. The molecule has 25 heavy (non-hydrogen) atoms. The quantitative estimate of drug-likeness (QED) is 0.772. The van der Waals surface area contributed by atoms with Gasteiger partial charge in [0.1, 0.15) is 18.0 Å². The van der Waals surface area contributed by atoms with E-state index in [4.69, 9.17) is 0 Å². The molecule has 1 fully saturated rings. The topological polar surface area (TPSA) is 35.5 Å². The maximum atomic E-state index is 4.53. The van der Waals surface area contributed by atoms with Crippen molar-refractivity contribution in [1.29, 1.82) is 0 Å². The maximum Gasteiger partial charge on any atom is 0.134 e. The smallest absolute Gasteiger partial charge is 0.134 e. The van der Waals surface area contributed by atoms with Crippen molar-refractivity contribution in [2.45, 2.75) is 26.7 Å². The van der Waals surface area contributed by atoms with Gasteiger partial charge < -0.3 is 14.7 Å². The van der Waals surface area contributed by atoms with Gasteiger partial charge in [-0.1, -0.05) is 32.0 Å². The fraction of sp³-hybridized carbons (Fsp3) is 0.500. The molecule has 1 aromatic heterocycles. The predicted octanol–water partition coefficient (Wildman–Crippen LogP) is 3.43. The van der Waals surface area contributed by atoms with Gasteiger partial charge in [-0.15, -0.1) is 0 Å². The van der Waals surface area contributed by atoms with Crippen LogP contribution in [0.25, 0.3) is 0 Å². The van der Waals surface area contributed by atoms with Crippen molar-refractivity contribution in [2.75, 3.05) is 54.0 Å². The Morgan fingerprint density at radius 3 is 2.16 bits per heavy atom. The Labute approximate surface area is 151 Å². The van der Waals surface area contributed by atoms with E-state index >= 15 is 0 Å². The van der Waals surface area contributed by atoms with Crippen LogP contribution in [0, 0.1) is 0 Å². The van der Waals surface area contributed by atoms with Gasteiger partial charge in [-0.3, -0.25) is 0 Å². The van der Waals surface area contributed by atoms with E-state index in [0.717, 1.165) is 63.7 Å². The summed E-state index contributed by atoms with van der Waals surface area (Å²) in [4.78, 5) is 16.2. The van der Waals surface area contributed by atoms with E-state index in [-0.39, 0.29) is 0 Å². The van der Waals surface area contributed by atoms with Gasteiger partial charge in [0.2, 0.25) is 0 Å². The molecule has 0 saturated carbocycles. The van der Waals surface area contributed by atoms with Crippen LogP contribution in [-0.4, -0.2) is 49.2 Å². The lowest BCUT2D eigenvalue weighted by Crippen LogP contribution is -2.46. The third-order valence-electron chi connectivity index (χ3n) is 4.67. The summed E-state index contributed by atoms with van der Waals surface area (Å²) >= 11 is 0. The Bertz CT molecular complexity index is 632. The summed E-state index contributed by atoms with van der Waals surface area (Å²) in [6.07, 6.45) is 3.98. The summed E-state index contributed by atoms with van der Waals surface area (Å²) in [7, 11) is 0. The third-order valence-corrected chi connectivity index (χ3v) is 4.67. The summed E-state index contributed by atoms with van der Waals surface area (Å²) in [5.41, 5.74) is 1.31. The minimum Gasteiger partial charge on any atom is -0.368 e. The molecule has 0 amide bonds. The summed E-state index contributed by atoms with van der Waals surface area (Å²) in [6.45, 7) is 10.6. The molecule has 0 spiro atoms. The summed E-state index contributed by atoms with van der Waals surface area (Å²) < 4.78 is 0. The first-order valence-corrected chi connectivity index (χ1v) is 9.43. The molecule has 3 rings (SSSR count). The zero-order valence-electron chi connectivity index (χ0n) is 15.4. The van der Waals surface area contributed by atoms with Gasteiger partial charge in [-0.25, -0.2) is 9.97 Å². The summed E-state index contributed by atoms with van der Waals surface area (Å²) in [5, 5.41) is 0. The van der Waals surface area contributed by atoms with E-state index in [9.17, 15) is 0 Å². The number of anilines is 3. The van der Waals surface area contributed by atoms with Crippen molar-refractivity contribution in [2.24, 2.45) is 0 Å². The average molecular weight is 339 g/mol. The molecule has 1 aliphatic heterocycles. The Kier molecular flexibility index (Phi) is 6.09. The van der Waals surface area contributed by atoms with Gasteiger partial charge in [0, 0.05) is 51.0 Å². The van der Waals surface area contributed by atoms with E-state index in [1.807, 2.05) is 0 Å². The van der Waals surface area contributed by atoms with Crippen molar-refractivity contribution in [3.05, 3.63) is 42.7 Å². The lowest BCUT2D eigenvalue weighted by Gasteiger charge is -2.37. The fourth-order valence-corrected chi connectivity index (χ4v) is 3.40. The van der Waals surface area contributed by atoms with Gasteiger partial charge in [0.25, 0.3) is 0 Å². The van der Waals surface area contributed by atoms with Crippen LogP contribution in [-0.2, 0) is 0 Å². The minimum absolute atomic E-state index is 0.993. The highest BCUT2D eigenvalue weighted by molar-refractivity contribution is 5.53. The SMILES string of the molecule is CCCN(CCC)c1cc(N2CCN(c3ccccc3)CC2)ncn1. The van der Waals surface area contributed by atoms with Crippen LogP contribution in [0.15, 0.2) is 42.7 Å². The lowest BCUT2D eigenvalue weighted by atomic mass is 10.2. The molecule has 0 unspecified atom stereocenters. The highest BCUT2D eigenvalue weighted by Crippen LogP contribution is 2.21. The second-order valence-electron chi connectivity index (χ2n) is 6.53. The second kappa shape index (κ2) is 8.70. The van der Waals surface area contributed by atoms with Crippen molar-refractivity contribution in [1.82, 2.24) is 9.97 Å². The van der Waals surface area contributed by atoms with Gasteiger partial charge in [0.15, 0.2) is 0 Å². The van der Waals surface area contributed by atoms with Crippen molar-refractivity contribution < 1.29 is 0 Å². The van der Waals surface area contributed by atoms with Crippen molar-refractivity contribution in [3.8, 4) is 0 Å². The van der Waals surface area contributed by atoms with Crippen molar-refractivity contribution >= 4 is 17.3 Å². The van der Waals surface area contributed by atoms with E-state index in [1.165, 1.54) is 5.69 Å². The predicted molar refractivity (Wildman–Crippen MR) is 106 cm³/mol. The normalized spacial score (nSPS) is 14.6. The first-order chi connectivity index (χ1) is 12.3. The standard InChI is InChI=1S/C20H29N5/c1-3-10-24(11-4-2)19-16-20(22-17-21-19)25-14-12-23(13-15-25)18-8-6-5-7-9-18/h5-9,16-17H,3-4,10-15H2,1-2H3. The molecule has 0 radical (unpaired) electrons. The van der Waals surface area contributed by atoms with Gasteiger partial charge in [0.05, 0.1) is 0 Å². The Morgan fingerprint density at radius 1 is 0.880 bits per heavy atom. The molecule has 2 aromatic rings. The Hall–Kier alpha value is -2.30. The zero-order valence-corrected chi connectivity index (χ0v) is 15.4. The van der Waals surface area contributed by atoms with Crippen LogP contribution in [0.4, 0.5) is 17.3 Å². The largest absolute Gasteiger partial charge is 0.368 e. The molecular formula is C20H29N5. The Balaban J connectivity index is 1.66. The number of hydrogen-bond donors (Lipinski definition) is 0. The first-order valence-electron chi connectivity index (χ1n) is 9.43. The highest BCUT2D eigenvalue weighted by Gasteiger charge is 2.19. The fourth-order valence-electron chi connectivity index (χ4n) is 3.40. The molecule has 0 atom stereocenters. The van der Waals surface area contributed by atoms with Crippen molar-refractivity contribution in [3.63, 3.8) is 0 Å². The van der Waals surface area contributed by atoms with Gasteiger partial charge >= 0.3 is 0 Å². The molecule has 1 aromatic carbocycles. The maximum absolute atomic E-state index is 4.53. The molecular weight excluding hydrogens is 310 g/mol. The van der Waals surface area contributed by atoms with Crippen LogP contribution < -0.4 is 14.7 Å². The van der Waals surface area contributed by atoms with E-state index < -0.39 is 0 Å². The lowest BCUT2D eigenvalue weighted by molar-refractivity contribution is 0.646. The number of rotatable bonds is 7. The van der Waals surface area contributed by atoms with E-state index in [0.29, 0.717) is 0 Å². The van der Waals surface area contributed by atoms with Gasteiger partial charge in [-0.2, -0.15) is 0 Å². The molecule has 1 aliphatic rings. The molecule has 1 saturated heterocycles. The van der Waals surface area contributed by atoms with Crippen LogP contribution in [0.5, 0.6) is 0 Å². The van der Waals surface area contributed by atoms with Crippen LogP contribution in [0.3, 0.4) is 0 Å². The molecule has 134 valence electrons. The van der Waals surface area contributed by atoms with E-state index in [1.54, 1.807) is 6.33 Å². The number of aromatic nitrogens is 2. The molecule has 0 aliphatic carbocycles. The summed E-state index contributed by atoms with van der Waals surface area (Å²) in [5.74, 6) is 2.11. The van der Waals surface area contributed by atoms with Crippen LogP contribution >= 0.6 is 0 Å². The first kappa shape index (κ1) is 17.5. The molecule has 5 nitrogen and oxygen atoms in total. The van der Waals surface area contributed by atoms with Crippen LogP contribution in [0.2, 0.25) is 0 Å². The number of para-hydroxylation sites is 1. The zero-order chi connectivity index (χ0) is 17.5. The Morgan fingerprint density at radius 2 is 1.52 bits per heavy atom. The summed E-state index contributed by atoms with van der Waals surface area (Å²) in [6, 6.07) is 12.8. The third kappa shape index (κ3) is 4.41. The molecule has 2 heterocycles. The monoisotopic (exact) mass is 339 g/mol. The molecule has 0 bridgehead atoms. The molecule has 5 heteroatoms. The number of piperazine rings is 1. The minimum atomic E-state index is 0.993. The number of hydrogen-bond acceptors (Lipinski definition) is 5. The van der Waals surface area contributed by atoms with E-state index in [2.05, 4.69) is 74.9 Å². The number of nitrogens with zero attached hydrogens (tertiary/aromatic N) is 5. The molecule has 0 N–H and O–H groups in total. The van der Waals surface area contributed by atoms with Gasteiger partial charge in [-0.05, 0) is 25.0 Å². The number of benzene rings is 1. The second-order valence-corrected chi connectivity index (χ2v) is 6.53.